The van der Waals surface area contributed by atoms with Crippen LogP contribution in [0.5, 0.6) is 0 Å². The number of hydrogen-bond donors (Lipinski definition) is 0. The molecule has 4 aromatic carbocycles. The van der Waals surface area contributed by atoms with Gasteiger partial charge in [0.1, 0.15) is 5.58 Å². The van der Waals surface area contributed by atoms with Crippen molar-refractivity contribution in [1.29, 1.82) is 0 Å². The second-order valence-electron chi connectivity index (χ2n) is 8.41. The molecule has 1 aromatic heterocycles. The molecular formula is C31H23NO4S. The third-order valence-corrected chi connectivity index (χ3v) is 6.82. The van der Waals surface area contributed by atoms with Gasteiger partial charge >= 0.3 is 5.97 Å². The first-order valence-electron chi connectivity index (χ1n) is 11.7. The van der Waals surface area contributed by atoms with E-state index in [1.165, 1.54) is 6.92 Å². The minimum atomic E-state index is -0.449. The number of ketones is 1. The van der Waals surface area contributed by atoms with Crippen LogP contribution in [0.4, 0.5) is 0 Å². The van der Waals surface area contributed by atoms with Crippen molar-refractivity contribution in [2.24, 2.45) is 5.16 Å². The predicted molar refractivity (Wildman–Crippen MR) is 146 cm³/mol. The van der Waals surface area contributed by atoms with Crippen LogP contribution in [0.1, 0.15) is 35.5 Å². The van der Waals surface area contributed by atoms with E-state index in [0.717, 1.165) is 31.9 Å². The van der Waals surface area contributed by atoms with Crippen LogP contribution in [-0.4, -0.2) is 17.5 Å². The molecule has 0 aliphatic rings. The van der Waals surface area contributed by atoms with Crippen molar-refractivity contribution in [1.82, 2.24) is 0 Å². The van der Waals surface area contributed by atoms with E-state index in [4.69, 9.17) is 9.25 Å². The topological polar surface area (TPSA) is 68.9 Å². The predicted octanol–water partition coefficient (Wildman–Crippen LogP) is 7.77. The van der Waals surface area contributed by atoms with E-state index in [1.807, 2.05) is 91.0 Å². The van der Waals surface area contributed by atoms with E-state index in [1.54, 1.807) is 30.8 Å². The van der Waals surface area contributed by atoms with E-state index in [2.05, 4.69) is 5.16 Å². The number of furan rings is 1. The lowest BCUT2D eigenvalue weighted by atomic mass is 9.98. The number of rotatable bonds is 7. The highest BCUT2D eigenvalue weighted by atomic mass is 32.2. The summed E-state index contributed by atoms with van der Waals surface area (Å²) >= 11 is 1.63. The van der Waals surface area contributed by atoms with Gasteiger partial charge in [0.25, 0.3) is 0 Å². The molecule has 0 N–H and O–H groups in total. The minimum Gasteiger partial charge on any atom is -0.452 e. The second kappa shape index (κ2) is 10.7. The van der Waals surface area contributed by atoms with Gasteiger partial charge in [-0.05, 0) is 48.4 Å². The normalized spacial score (nSPS) is 11.5. The molecule has 0 saturated heterocycles. The number of benzene rings is 4. The third-order valence-electron chi connectivity index (χ3n) is 5.80. The largest absolute Gasteiger partial charge is 0.452 e. The molecule has 5 aromatic rings. The number of nitrogens with zero attached hydrogens (tertiary/aromatic N) is 1. The zero-order valence-corrected chi connectivity index (χ0v) is 21.1. The highest BCUT2D eigenvalue weighted by Crippen LogP contribution is 2.37. The second-order valence-corrected chi connectivity index (χ2v) is 9.55. The van der Waals surface area contributed by atoms with E-state index in [-0.39, 0.29) is 5.78 Å². The summed E-state index contributed by atoms with van der Waals surface area (Å²) in [5, 5.41) is 4.74. The smallest absolute Gasteiger partial charge is 0.331 e. The molecule has 0 amide bonds. The van der Waals surface area contributed by atoms with Crippen LogP contribution >= 0.6 is 11.8 Å². The molecule has 0 radical (unpaired) electrons. The summed E-state index contributed by atoms with van der Waals surface area (Å²) < 4.78 is 6.06. The molecule has 1 heterocycles. The third kappa shape index (κ3) is 5.39. The van der Waals surface area contributed by atoms with Crippen LogP contribution < -0.4 is 0 Å². The molecule has 0 saturated carbocycles. The first kappa shape index (κ1) is 24.3. The van der Waals surface area contributed by atoms with Crippen LogP contribution in [0.3, 0.4) is 0 Å². The highest BCUT2D eigenvalue weighted by Gasteiger charge is 2.22. The Labute approximate surface area is 218 Å². The van der Waals surface area contributed by atoms with Gasteiger partial charge in [-0.1, -0.05) is 89.7 Å². The lowest BCUT2D eigenvalue weighted by molar-refractivity contribution is -0.140. The van der Waals surface area contributed by atoms with E-state index >= 15 is 0 Å². The van der Waals surface area contributed by atoms with Gasteiger partial charge in [-0.15, -0.1) is 0 Å². The zero-order valence-electron chi connectivity index (χ0n) is 20.3. The van der Waals surface area contributed by atoms with Gasteiger partial charge in [-0.25, -0.2) is 4.79 Å². The van der Waals surface area contributed by atoms with Crippen molar-refractivity contribution in [3.8, 4) is 11.1 Å². The Morgan fingerprint density at radius 1 is 0.730 bits per heavy atom. The van der Waals surface area contributed by atoms with Crippen molar-refractivity contribution in [2.45, 2.75) is 23.6 Å². The Bertz CT molecular complexity index is 1600. The fourth-order valence-electron chi connectivity index (χ4n) is 3.99. The molecular weight excluding hydrogens is 482 g/mol. The van der Waals surface area contributed by atoms with Crippen LogP contribution in [0, 0.1) is 0 Å². The quantitative estimate of drug-likeness (QED) is 0.0978. The van der Waals surface area contributed by atoms with Gasteiger partial charge in [0.05, 0.1) is 5.71 Å². The van der Waals surface area contributed by atoms with E-state index in [0.29, 0.717) is 22.6 Å². The van der Waals surface area contributed by atoms with Crippen LogP contribution in [0.15, 0.2) is 122 Å². The first-order valence-corrected chi connectivity index (χ1v) is 12.5. The summed E-state index contributed by atoms with van der Waals surface area (Å²) in [4.78, 5) is 31.1. The SMILES string of the molecule is CC(=O)O/N=C(\C)c1ccc(Sc2ccc(-c3c(C(=O)c4ccccc4)oc4ccccc34)cc2)cc1. The average molecular weight is 506 g/mol. The Hall–Kier alpha value is -4.42. The van der Waals surface area contributed by atoms with Crippen molar-refractivity contribution in [3.63, 3.8) is 0 Å². The monoisotopic (exact) mass is 505 g/mol. The molecule has 37 heavy (non-hydrogen) atoms. The van der Waals surface area contributed by atoms with Crippen molar-refractivity contribution in [2.75, 3.05) is 0 Å². The number of para-hydroxylation sites is 1. The maximum absolute atomic E-state index is 13.3. The standard InChI is InChI=1S/C31H23NO4S/c1-20(32-36-21(2)33)22-12-16-25(17-13-22)37-26-18-14-23(15-19-26)29-27-10-6-7-11-28(27)35-31(29)30(34)24-8-4-3-5-9-24/h3-19H,1-2H3/b32-20+. The zero-order chi connectivity index (χ0) is 25.8. The molecule has 0 atom stereocenters. The Balaban J connectivity index is 1.41. The molecule has 0 spiro atoms. The van der Waals surface area contributed by atoms with Crippen LogP contribution in [0.25, 0.3) is 22.1 Å². The first-order chi connectivity index (χ1) is 18.0. The number of hydrogen-bond acceptors (Lipinski definition) is 6. The van der Waals surface area contributed by atoms with Crippen molar-refractivity contribution >= 4 is 40.2 Å². The maximum Gasteiger partial charge on any atom is 0.331 e. The summed E-state index contributed by atoms with van der Waals surface area (Å²) in [5.74, 6) is -0.248. The van der Waals surface area contributed by atoms with Gasteiger partial charge in [0.2, 0.25) is 5.78 Å². The lowest BCUT2D eigenvalue weighted by Gasteiger charge is -2.07. The summed E-state index contributed by atoms with van der Waals surface area (Å²) in [6, 6.07) is 32.9. The number of oxime groups is 1. The fraction of sp³-hybridized carbons (Fsp3) is 0.0645. The highest BCUT2D eigenvalue weighted by molar-refractivity contribution is 7.99. The van der Waals surface area contributed by atoms with Gasteiger partial charge < -0.3 is 9.25 Å². The van der Waals surface area contributed by atoms with E-state index < -0.39 is 5.97 Å². The molecule has 5 rings (SSSR count). The maximum atomic E-state index is 13.3. The molecule has 6 heteroatoms. The van der Waals surface area contributed by atoms with Gasteiger partial charge in [-0.2, -0.15) is 0 Å². The number of fused-ring (bicyclic) bond motifs is 1. The molecule has 0 aliphatic carbocycles. The molecule has 0 aliphatic heterocycles. The average Bonchev–Trinajstić information content (AvgIpc) is 3.32. The van der Waals surface area contributed by atoms with Crippen LogP contribution in [0.2, 0.25) is 0 Å². The lowest BCUT2D eigenvalue weighted by Crippen LogP contribution is -2.01. The summed E-state index contributed by atoms with van der Waals surface area (Å²) in [5.41, 5.74) is 4.50. The van der Waals surface area contributed by atoms with Crippen molar-refractivity contribution in [3.05, 3.63) is 120 Å². The van der Waals surface area contributed by atoms with Gasteiger partial charge in [0, 0.05) is 33.2 Å². The van der Waals surface area contributed by atoms with Gasteiger partial charge in [-0.3, -0.25) is 4.79 Å². The molecule has 5 nitrogen and oxygen atoms in total. The molecule has 0 bridgehead atoms. The molecule has 0 fully saturated rings. The summed E-state index contributed by atoms with van der Waals surface area (Å²) in [6.07, 6.45) is 0. The molecule has 182 valence electrons. The fourth-order valence-corrected chi connectivity index (χ4v) is 4.80. The van der Waals surface area contributed by atoms with E-state index in [9.17, 15) is 9.59 Å². The van der Waals surface area contributed by atoms with Crippen LogP contribution in [-0.2, 0) is 9.63 Å². The Kier molecular flexibility index (Phi) is 7.01. The van der Waals surface area contributed by atoms with Crippen molar-refractivity contribution < 1.29 is 18.8 Å². The Morgan fingerprint density at radius 3 is 2.03 bits per heavy atom. The number of carbonyl (C=O) groups is 2. The van der Waals surface area contributed by atoms with Gasteiger partial charge in [0.15, 0.2) is 5.76 Å². The minimum absolute atomic E-state index is 0.141. The summed E-state index contributed by atoms with van der Waals surface area (Å²) in [7, 11) is 0. The molecule has 0 unspecified atom stereocenters. The Morgan fingerprint density at radius 2 is 1.35 bits per heavy atom. The number of carbonyl (C=O) groups excluding carboxylic acids is 2. The summed E-state index contributed by atoms with van der Waals surface area (Å²) in [6.45, 7) is 3.11.